The topological polar surface area (TPSA) is 80.8 Å². The maximum Gasteiger partial charge on any atom is 0.316 e. The van der Waals surface area contributed by atoms with E-state index in [2.05, 4.69) is 0 Å². The van der Waals surface area contributed by atoms with E-state index >= 15 is 0 Å². The Morgan fingerprint density at radius 1 is 1.10 bits per heavy atom. The molecule has 0 aromatic carbocycles. The van der Waals surface area contributed by atoms with Crippen LogP contribution in [-0.2, 0) is 23.9 Å². The van der Waals surface area contributed by atoms with Gasteiger partial charge in [0.25, 0.3) is 11.8 Å². The van der Waals surface area contributed by atoms with E-state index in [9.17, 15) is 19.2 Å². The molecule has 1 heterocycles. The second-order valence-electron chi connectivity index (χ2n) is 5.04. The van der Waals surface area contributed by atoms with Crippen LogP contribution in [0.2, 0.25) is 0 Å². The third kappa shape index (κ3) is 3.53. The molecule has 0 saturated heterocycles. The van der Waals surface area contributed by atoms with Gasteiger partial charge in [-0.1, -0.05) is 19.3 Å². The number of carbonyl (C=O) groups is 4. The van der Waals surface area contributed by atoms with Gasteiger partial charge in [-0.3, -0.25) is 24.1 Å². The van der Waals surface area contributed by atoms with Crippen LogP contribution in [0, 0.1) is 5.92 Å². The lowest BCUT2D eigenvalue weighted by atomic mass is 9.89. The summed E-state index contributed by atoms with van der Waals surface area (Å²) in [6.45, 7) is -0.0541. The smallest absolute Gasteiger partial charge is 0.316 e. The van der Waals surface area contributed by atoms with Gasteiger partial charge in [0, 0.05) is 18.7 Å². The molecule has 1 saturated carbocycles. The Morgan fingerprint density at radius 2 is 1.70 bits per heavy atom. The summed E-state index contributed by atoms with van der Waals surface area (Å²) in [6.07, 6.45) is 6.76. The average Bonchev–Trinajstić information content (AvgIpc) is 2.77. The van der Waals surface area contributed by atoms with Crippen LogP contribution < -0.4 is 0 Å². The standard InChI is InChI=1S/C14H17NO5/c16-11-6-7-12(17)15(11)9-8-13(18)20-14(19)10-4-2-1-3-5-10/h6-7,10H,1-5,8-9H2. The first-order valence-corrected chi connectivity index (χ1v) is 6.86. The predicted molar refractivity (Wildman–Crippen MR) is 68.2 cm³/mol. The zero-order chi connectivity index (χ0) is 14.5. The molecular formula is C14H17NO5. The summed E-state index contributed by atoms with van der Waals surface area (Å²) >= 11 is 0. The van der Waals surface area contributed by atoms with E-state index in [0.717, 1.165) is 49.2 Å². The number of carbonyl (C=O) groups excluding carboxylic acids is 4. The Labute approximate surface area is 116 Å². The van der Waals surface area contributed by atoms with Gasteiger partial charge in [-0.05, 0) is 12.8 Å². The molecule has 2 rings (SSSR count). The van der Waals surface area contributed by atoms with E-state index < -0.39 is 23.8 Å². The summed E-state index contributed by atoms with van der Waals surface area (Å²) in [4.78, 5) is 46.8. The van der Waals surface area contributed by atoms with E-state index in [1.54, 1.807) is 0 Å². The summed E-state index contributed by atoms with van der Waals surface area (Å²) in [7, 11) is 0. The Balaban J connectivity index is 1.73. The molecule has 0 unspecified atom stereocenters. The Bertz CT molecular complexity index is 444. The van der Waals surface area contributed by atoms with Crippen molar-refractivity contribution >= 4 is 23.8 Å². The van der Waals surface area contributed by atoms with Gasteiger partial charge in [0.1, 0.15) is 0 Å². The predicted octanol–water partition coefficient (Wildman–Crippen LogP) is 0.952. The summed E-state index contributed by atoms with van der Waals surface area (Å²) in [5.74, 6) is -2.24. The van der Waals surface area contributed by atoms with Crippen LogP contribution in [0.25, 0.3) is 0 Å². The van der Waals surface area contributed by atoms with Crippen molar-refractivity contribution < 1.29 is 23.9 Å². The monoisotopic (exact) mass is 279 g/mol. The molecule has 1 aliphatic carbocycles. The molecule has 2 aliphatic rings. The maximum atomic E-state index is 11.7. The normalized spacial score (nSPS) is 19.5. The van der Waals surface area contributed by atoms with E-state index in [1.807, 2.05) is 0 Å². The Morgan fingerprint density at radius 3 is 2.30 bits per heavy atom. The average molecular weight is 279 g/mol. The van der Waals surface area contributed by atoms with Crippen molar-refractivity contribution in [1.29, 1.82) is 0 Å². The first kappa shape index (κ1) is 14.4. The lowest BCUT2D eigenvalue weighted by Gasteiger charge is -2.19. The summed E-state index contributed by atoms with van der Waals surface area (Å²) in [6, 6.07) is 0. The van der Waals surface area contributed by atoms with Crippen molar-refractivity contribution in [3.8, 4) is 0 Å². The molecule has 1 fully saturated rings. The SMILES string of the molecule is O=C(CCN1C(=O)C=CC1=O)OC(=O)C1CCCCC1. The van der Waals surface area contributed by atoms with Gasteiger partial charge in [0.2, 0.25) is 0 Å². The van der Waals surface area contributed by atoms with Crippen LogP contribution in [0.1, 0.15) is 38.5 Å². The minimum absolute atomic E-state index is 0.0541. The van der Waals surface area contributed by atoms with Crippen LogP contribution in [0.4, 0.5) is 0 Å². The van der Waals surface area contributed by atoms with Crippen molar-refractivity contribution in [2.45, 2.75) is 38.5 Å². The second-order valence-corrected chi connectivity index (χ2v) is 5.04. The van der Waals surface area contributed by atoms with Crippen LogP contribution in [-0.4, -0.2) is 35.2 Å². The second kappa shape index (κ2) is 6.45. The number of esters is 2. The highest BCUT2D eigenvalue weighted by atomic mass is 16.6. The van der Waals surface area contributed by atoms with E-state index in [-0.39, 0.29) is 18.9 Å². The molecule has 2 amide bonds. The van der Waals surface area contributed by atoms with Crippen LogP contribution in [0.5, 0.6) is 0 Å². The fourth-order valence-corrected chi connectivity index (χ4v) is 2.44. The first-order valence-electron chi connectivity index (χ1n) is 6.86. The molecule has 6 heteroatoms. The Kier molecular flexibility index (Phi) is 4.65. The summed E-state index contributed by atoms with van der Waals surface area (Å²) < 4.78 is 4.77. The number of hydrogen-bond acceptors (Lipinski definition) is 5. The zero-order valence-electron chi connectivity index (χ0n) is 11.2. The molecule has 0 aromatic rings. The van der Waals surface area contributed by atoms with Crippen molar-refractivity contribution in [2.24, 2.45) is 5.92 Å². The van der Waals surface area contributed by atoms with E-state index in [0.29, 0.717) is 0 Å². The minimum Gasteiger partial charge on any atom is -0.393 e. The van der Waals surface area contributed by atoms with Gasteiger partial charge in [-0.15, -0.1) is 0 Å². The molecule has 0 spiro atoms. The lowest BCUT2D eigenvalue weighted by Crippen LogP contribution is -2.33. The zero-order valence-corrected chi connectivity index (χ0v) is 11.2. The molecule has 0 atom stereocenters. The number of ether oxygens (including phenoxy) is 1. The van der Waals surface area contributed by atoms with Crippen molar-refractivity contribution in [2.75, 3.05) is 6.54 Å². The minimum atomic E-state index is -0.687. The molecule has 6 nitrogen and oxygen atoms in total. The molecule has 1 aliphatic heterocycles. The fraction of sp³-hybridized carbons (Fsp3) is 0.571. The molecule has 20 heavy (non-hydrogen) atoms. The number of nitrogens with zero attached hydrogens (tertiary/aromatic N) is 1. The molecule has 0 bridgehead atoms. The van der Waals surface area contributed by atoms with Crippen LogP contribution in [0.3, 0.4) is 0 Å². The van der Waals surface area contributed by atoms with Gasteiger partial charge in [-0.25, -0.2) is 0 Å². The molecule has 0 N–H and O–H groups in total. The fourth-order valence-electron chi connectivity index (χ4n) is 2.44. The van der Waals surface area contributed by atoms with Crippen molar-refractivity contribution in [3.63, 3.8) is 0 Å². The van der Waals surface area contributed by atoms with Gasteiger partial charge in [0.15, 0.2) is 0 Å². The summed E-state index contributed by atoms with van der Waals surface area (Å²) in [5.41, 5.74) is 0. The molecule has 0 radical (unpaired) electrons. The highest BCUT2D eigenvalue weighted by Crippen LogP contribution is 2.24. The molecular weight excluding hydrogens is 262 g/mol. The third-order valence-electron chi connectivity index (χ3n) is 3.59. The summed E-state index contributed by atoms with van der Waals surface area (Å²) in [5, 5.41) is 0. The Hall–Kier alpha value is -1.98. The van der Waals surface area contributed by atoms with Crippen molar-refractivity contribution in [3.05, 3.63) is 12.2 Å². The van der Waals surface area contributed by atoms with Crippen molar-refractivity contribution in [1.82, 2.24) is 4.90 Å². The number of hydrogen-bond donors (Lipinski definition) is 0. The van der Waals surface area contributed by atoms with Gasteiger partial charge in [-0.2, -0.15) is 0 Å². The van der Waals surface area contributed by atoms with Gasteiger partial charge in [0.05, 0.1) is 12.3 Å². The number of rotatable bonds is 4. The lowest BCUT2D eigenvalue weighted by molar-refractivity contribution is -0.163. The van der Waals surface area contributed by atoms with Crippen LogP contribution >= 0.6 is 0 Å². The van der Waals surface area contributed by atoms with Crippen LogP contribution in [0.15, 0.2) is 12.2 Å². The number of imide groups is 1. The third-order valence-corrected chi connectivity index (χ3v) is 3.59. The number of amides is 2. The highest BCUT2D eigenvalue weighted by molar-refractivity contribution is 6.13. The van der Waals surface area contributed by atoms with E-state index in [1.165, 1.54) is 0 Å². The largest absolute Gasteiger partial charge is 0.393 e. The molecule has 108 valence electrons. The van der Waals surface area contributed by atoms with Gasteiger partial charge >= 0.3 is 11.9 Å². The maximum absolute atomic E-state index is 11.7. The first-order chi connectivity index (χ1) is 9.58. The highest BCUT2D eigenvalue weighted by Gasteiger charge is 2.27. The molecule has 0 aromatic heterocycles. The van der Waals surface area contributed by atoms with E-state index in [4.69, 9.17) is 4.74 Å². The quantitative estimate of drug-likeness (QED) is 0.435. The van der Waals surface area contributed by atoms with Gasteiger partial charge < -0.3 is 4.74 Å².